The van der Waals surface area contributed by atoms with Crippen molar-refractivity contribution in [3.05, 3.63) is 34.2 Å². The Balaban J connectivity index is 2.16. The number of amides is 1. The van der Waals surface area contributed by atoms with Gasteiger partial charge in [0.05, 0.1) is 0 Å². The molecule has 3 N–H and O–H groups in total. The molecule has 1 aliphatic heterocycles. The summed E-state index contributed by atoms with van der Waals surface area (Å²) in [5.74, 6) is -0.115. The zero-order valence-electron chi connectivity index (χ0n) is 13.6. The molecule has 0 radical (unpaired) electrons. The molecule has 1 aromatic rings. The smallest absolute Gasteiger partial charge is 0.268 e. The molecule has 2 heterocycles. The topological polar surface area (TPSA) is 74.0 Å². The summed E-state index contributed by atoms with van der Waals surface area (Å²) < 4.78 is 0. The van der Waals surface area contributed by atoms with Crippen LogP contribution < -0.4 is 10.6 Å². The first-order chi connectivity index (χ1) is 10.5. The molecular formula is C17H25N3O2. The highest BCUT2D eigenvalue weighted by Gasteiger charge is 2.22. The number of aryl methyl sites for hydroxylation is 1. The van der Waals surface area contributed by atoms with E-state index in [1.54, 1.807) is 6.92 Å². The Hall–Kier alpha value is -1.88. The maximum Gasteiger partial charge on any atom is 0.268 e. The number of carbonyl (C=O) groups is 2. The molecular weight excluding hydrogens is 278 g/mol. The van der Waals surface area contributed by atoms with Crippen molar-refractivity contribution < 1.29 is 9.59 Å². The van der Waals surface area contributed by atoms with Crippen molar-refractivity contribution in [2.75, 3.05) is 19.6 Å². The third-order valence-corrected chi connectivity index (χ3v) is 4.00. The zero-order chi connectivity index (χ0) is 16.1. The molecule has 5 nitrogen and oxygen atoms in total. The molecule has 0 fully saturated rings. The van der Waals surface area contributed by atoms with Gasteiger partial charge in [-0.15, -0.1) is 0 Å². The van der Waals surface area contributed by atoms with Gasteiger partial charge < -0.3 is 15.6 Å². The Kier molecular flexibility index (Phi) is 5.55. The van der Waals surface area contributed by atoms with Gasteiger partial charge in [0.15, 0.2) is 5.78 Å². The second-order valence-corrected chi connectivity index (χ2v) is 5.78. The first kappa shape index (κ1) is 16.5. The highest BCUT2D eigenvalue weighted by molar-refractivity contribution is 6.02. The van der Waals surface area contributed by atoms with Crippen molar-refractivity contribution in [1.82, 2.24) is 15.6 Å². The number of H-pyrrole nitrogens is 1. The van der Waals surface area contributed by atoms with E-state index in [-0.39, 0.29) is 11.7 Å². The lowest BCUT2D eigenvalue weighted by Gasteiger charge is -2.14. The van der Waals surface area contributed by atoms with Crippen molar-refractivity contribution in [3.8, 4) is 0 Å². The Morgan fingerprint density at radius 2 is 2.14 bits per heavy atom. The van der Waals surface area contributed by atoms with Gasteiger partial charge >= 0.3 is 0 Å². The van der Waals surface area contributed by atoms with Crippen molar-refractivity contribution >= 4 is 11.7 Å². The van der Waals surface area contributed by atoms with Crippen LogP contribution in [0.3, 0.4) is 0 Å². The van der Waals surface area contributed by atoms with Crippen LogP contribution in [0.5, 0.6) is 0 Å². The predicted octanol–water partition coefficient (Wildman–Crippen LogP) is 2.13. The molecule has 1 amide bonds. The van der Waals surface area contributed by atoms with E-state index in [1.807, 2.05) is 13.8 Å². The monoisotopic (exact) mass is 303 g/mol. The van der Waals surface area contributed by atoms with Crippen LogP contribution >= 0.6 is 0 Å². The highest BCUT2D eigenvalue weighted by atomic mass is 16.2. The largest absolute Gasteiger partial charge is 0.354 e. The van der Waals surface area contributed by atoms with Crippen LogP contribution in [-0.4, -0.2) is 36.3 Å². The van der Waals surface area contributed by atoms with Gasteiger partial charge in [-0.2, -0.15) is 0 Å². The molecule has 1 aromatic heterocycles. The van der Waals surface area contributed by atoms with Crippen LogP contribution in [0.4, 0.5) is 0 Å². The fraction of sp³-hybridized carbons (Fsp3) is 0.529. The predicted molar refractivity (Wildman–Crippen MR) is 87.4 cm³/mol. The number of hydrogen-bond donors (Lipinski definition) is 3. The van der Waals surface area contributed by atoms with Crippen LogP contribution in [0.2, 0.25) is 0 Å². The van der Waals surface area contributed by atoms with Gasteiger partial charge in [0, 0.05) is 24.3 Å². The van der Waals surface area contributed by atoms with Gasteiger partial charge in [-0.1, -0.05) is 25.0 Å². The molecule has 0 saturated carbocycles. The fourth-order valence-corrected chi connectivity index (χ4v) is 2.96. The normalized spacial score (nSPS) is 14.6. The summed E-state index contributed by atoms with van der Waals surface area (Å²) in [6.45, 7) is 7.84. The molecule has 0 atom stereocenters. The Labute approximate surface area is 131 Å². The SMILES string of the molecule is CCCc1c(C(=O)NCC2=CCNCC2)[nH]c(C)c1C(C)=O. The van der Waals surface area contributed by atoms with E-state index >= 15 is 0 Å². The van der Waals surface area contributed by atoms with Gasteiger partial charge in [0.1, 0.15) is 5.69 Å². The third kappa shape index (κ3) is 3.65. The molecule has 0 aliphatic carbocycles. The summed E-state index contributed by atoms with van der Waals surface area (Å²) in [7, 11) is 0. The Morgan fingerprint density at radius 3 is 2.73 bits per heavy atom. The van der Waals surface area contributed by atoms with E-state index in [2.05, 4.69) is 21.7 Å². The number of aromatic amines is 1. The van der Waals surface area contributed by atoms with E-state index < -0.39 is 0 Å². The number of rotatable bonds is 6. The minimum atomic E-state index is -0.126. The van der Waals surface area contributed by atoms with Crippen molar-refractivity contribution in [2.24, 2.45) is 0 Å². The molecule has 0 bridgehead atoms. The molecule has 5 heteroatoms. The van der Waals surface area contributed by atoms with Crippen LogP contribution in [0.1, 0.15) is 58.8 Å². The summed E-state index contributed by atoms with van der Waals surface area (Å²) in [6.07, 6.45) is 4.71. The maximum atomic E-state index is 12.5. The third-order valence-electron chi connectivity index (χ3n) is 4.00. The molecule has 120 valence electrons. The number of nitrogens with one attached hydrogen (secondary N) is 3. The van der Waals surface area contributed by atoms with Crippen LogP contribution in [0, 0.1) is 6.92 Å². The van der Waals surface area contributed by atoms with E-state index in [4.69, 9.17) is 0 Å². The molecule has 0 unspecified atom stereocenters. The van der Waals surface area contributed by atoms with Gasteiger partial charge in [0.25, 0.3) is 5.91 Å². The average molecular weight is 303 g/mol. The quantitative estimate of drug-likeness (QED) is 0.557. The number of Topliss-reactive ketones (excluding diaryl/α,β-unsaturated/α-hetero) is 1. The van der Waals surface area contributed by atoms with Gasteiger partial charge in [-0.05, 0) is 38.8 Å². The fourth-order valence-electron chi connectivity index (χ4n) is 2.96. The minimum Gasteiger partial charge on any atom is -0.354 e. The summed E-state index contributed by atoms with van der Waals surface area (Å²) in [6, 6.07) is 0. The Bertz CT molecular complexity index is 599. The lowest BCUT2D eigenvalue weighted by molar-refractivity contribution is 0.0951. The van der Waals surface area contributed by atoms with Gasteiger partial charge in [-0.25, -0.2) is 0 Å². The van der Waals surface area contributed by atoms with E-state index in [0.29, 0.717) is 17.8 Å². The number of ketones is 1. The minimum absolute atomic E-state index is 0.0114. The van der Waals surface area contributed by atoms with Crippen LogP contribution in [0.25, 0.3) is 0 Å². The number of aromatic nitrogens is 1. The standard InChI is InChI=1S/C17H25N3O2/c1-4-5-14-15(12(3)21)11(2)20-16(14)17(22)19-10-13-6-8-18-9-7-13/h6,18,20H,4-5,7-10H2,1-3H3,(H,19,22). The first-order valence-electron chi connectivity index (χ1n) is 7.93. The molecule has 0 aromatic carbocycles. The van der Waals surface area contributed by atoms with Gasteiger partial charge in [0.2, 0.25) is 0 Å². The summed E-state index contributed by atoms with van der Waals surface area (Å²) in [5, 5.41) is 6.22. The van der Waals surface area contributed by atoms with E-state index in [1.165, 1.54) is 5.57 Å². The number of carbonyl (C=O) groups excluding carboxylic acids is 2. The van der Waals surface area contributed by atoms with Gasteiger partial charge in [-0.3, -0.25) is 9.59 Å². The number of hydrogen-bond acceptors (Lipinski definition) is 3. The zero-order valence-corrected chi connectivity index (χ0v) is 13.6. The summed E-state index contributed by atoms with van der Waals surface area (Å²) >= 11 is 0. The Morgan fingerprint density at radius 1 is 1.36 bits per heavy atom. The van der Waals surface area contributed by atoms with Crippen molar-refractivity contribution in [2.45, 2.75) is 40.0 Å². The molecule has 22 heavy (non-hydrogen) atoms. The van der Waals surface area contributed by atoms with Crippen LogP contribution in [0.15, 0.2) is 11.6 Å². The molecule has 1 aliphatic rings. The summed E-state index contributed by atoms with van der Waals surface area (Å²) in [4.78, 5) is 27.4. The maximum absolute atomic E-state index is 12.5. The summed E-state index contributed by atoms with van der Waals surface area (Å²) in [5.41, 5.74) is 4.10. The van der Waals surface area contributed by atoms with E-state index in [9.17, 15) is 9.59 Å². The van der Waals surface area contributed by atoms with Crippen molar-refractivity contribution in [1.29, 1.82) is 0 Å². The average Bonchev–Trinajstić information content (AvgIpc) is 2.83. The lowest BCUT2D eigenvalue weighted by atomic mass is 10.0. The highest BCUT2D eigenvalue weighted by Crippen LogP contribution is 2.21. The van der Waals surface area contributed by atoms with Crippen LogP contribution in [-0.2, 0) is 6.42 Å². The second kappa shape index (κ2) is 7.40. The molecule has 0 spiro atoms. The molecule has 0 saturated heterocycles. The second-order valence-electron chi connectivity index (χ2n) is 5.78. The van der Waals surface area contributed by atoms with Crippen molar-refractivity contribution in [3.63, 3.8) is 0 Å². The molecule has 2 rings (SSSR count). The lowest BCUT2D eigenvalue weighted by Crippen LogP contribution is -2.30. The first-order valence-corrected chi connectivity index (χ1v) is 7.93. The van der Waals surface area contributed by atoms with E-state index in [0.717, 1.165) is 43.6 Å².